The Morgan fingerprint density at radius 3 is 2.13 bits per heavy atom. The highest BCUT2D eigenvalue weighted by molar-refractivity contribution is 5.35. The summed E-state index contributed by atoms with van der Waals surface area (Å²) in [4.78, 5) is 0. The van der Waals surface area contributed by atoms with Crippen LogP contribution in [0.5, 0.6) is 5.75 Å². The second-order valence-electron chi connectivity index (χ2n) is 5.09. The maximum absolute atomic E-state index is 5.44. The fourth-order valence-corrected chi connectivity index (χ4v) is 2.55. The summed E-state index contributed by atoms with van der Waals surface area (Å²) < 4.78 is 5.44. The van der Waals surface area contributed by atoms with Crippen molar-refractivity contribution in [2.45, 2.75) is 33.6 Å². The monoisotopic (exact) mass is 204 g/mol. The molecule has 1 aliphatic rings. The first-order valence-electron chi connectivity index (χ1n) is 5.80. The van der Waals surface area contributed by atoms with E-state index in [0.717, 1.165) is 24.2 Å². The molecule has 0 aromatic heterocycles. The second kappa shape index (κ2) is 3.55. The van der Waals surface area contributed by atoms with E-state index in [1.165, 1.54) is 5.56 Å². The molecule has 2 atom stereocenters. The largest absolute Gasteiger partial charge is 0.494 e. The summed E-state index contributed by atoms with van der Waals surface area (Å²) in [5.74, 6) is 2.51. The zero-order valence-corrected chi connectivity index (χ0v) is 10.1. The number of ether oxygens (including phenoxy) is 1. The van der Waals surface area contributed by atoms with Crippen LogP contribution in [0.4, 0.5) is 0 Å². The van der Waals surface area contributed by atoms with Crippen molar-refractivity contribution < 1.29 is 4.74 Å². The Balaban J connectivity index is 2.12. The Morgan fingerprint density at radius 1 is 1.20 bits per heavy atom. The van der Waals surface area contributed by atoms with Crippen LogP contribution in [0.2, 0.25) is 0 Å². The molecule has 0 saturated heterocycles. The lowest BCUT2D eigenvalue weighted by molar-refractivity contribution is 0.340. The van der Waals surface area contributed by atoms with Gasteiger partial charge in [-0.15, -0.1) is 0 Å². The van der Waals surface area contributed by atoms with E-state index < -0.39 is 0 Å². The molecule has 1 fully saturated rings. The Hall–Kier alpha value is -0.980. The lowest BCUT2D eigenvalue weighted by atomic mass is 10.0. The molecule has 2 rings (SSSR count). The summed E-state index contributed by atoms with van der Waals surface area (Å²) in [6, 6.07) is 8.59. The quantitative estimate of drug-likeness (QED) is 0.726. The molecule has 1 aliphatic carbocycles. The van der Waals surface area contributed by atoms with E-state index in [2.05, 4.69) is 45.0 Å². The third kappa shape index (κ3) is 1.75. The zero-order valence-electron chi connectivity index (χ0n) is 10.1. The molecule has 1 nitrogen and oxygen atoms in total. The van der Waals surface area contributed by atoms with Gasteiger partial charge in [-0.1, -0.05) is 32.9 Å². The molecule has 1 aromatic rings. The average Bonchev–Trinajstić information content (AvgIpc) is 2.69. The first kappa shape index (κ1) is 10.5. The first-order chi connectivity index (χ1) is 7.07. The van der Waals surface area contributed by atoms with Crippen molar-refractivity contribution in [2.75, 3.05) is 6.61 Å². The summed E-state index contributed by atoms with van der Waals surface area (Å²) in [5, 5.41) is 0. The van der Waals surface area contributed by atoms with E-state index in [-0.39, 0.29) is 0 Å². The van der Waals surface area contributed by atoms with E-state index in [1.54, 1.807) is 0 Å². The van der Waals surface area contributed by atoms with Gasteiger partial charge in [-0.2, -0.15) is 0 Å². The van der Waals surface area contributed by atoms with Crippen molar-refractivity contribution in [1.29, 1.82) is 0 Å². The average molecular weight is 204 g/mol. The van der Waals surface area contributed by atoms with Gasteiger partial charge in [0.2, 0.25) is 0 Å². The number of rotatable bonds is 3. The van der Waals surface area contributed by atoms with Crippen molar-refractivity contribution in [1.82, 2.24) is 0 Å². The Morgan fingerprint density at radius 2 is 1.73 bits per heavy atom. The van der Waals surface area contributed by atoms with Gasteiger partial charge in [0.1, 0.15) is 5.75 Å². The molecule has 0 bridgehead atoms. The summed E-state index contributed by atoms with van der Waals surface area (Å²) in [7, 11) is 0. The van der Waals surface area contributed by atoms with Crippen molar-refractivity contribution in [3.63, 3.8) is 0 Å². The van der Waals surface area contributed by atoms with Gasteiger partial charge in [0, 0.05) is 0 Å². The number of benzene rings is 1. The zero-order chi connectivity index (χ0) is 11.1. The van der Waals surface area contributed by atoms with Gasteiger partial charge in [-0.25, -0.2) is 0 Å². The summed E-state index contributed by atoms with van der Waals surface area (Å²) in [6.07, 6.45) is 0. The SMILES string of the molecule is CCOc1ccc(C2C(C)C2(C)C)cc1. The minimum atomic E-state index is 0.479. The van der Waals surface area contributed by atoms with Crippen molar-refractivity contribution in [3.05, 3.63) is 29.8 Å². The third-order valence-electron chi connectivity index (χ3n) is 3.92. The number of hydrogen-bond donors (Lipinski definition) is 0. The van der Waals surface area contributed by atoms with Gasteiger partial charge in [0.15, 0.2) is 0 Å². The maximum Gasteiger partial charge on any atom is 0.119 e. The smallest absolute Gasteiger partial charge is 0.119 e. The maximum atomic E-state index is 5.44. The molecule has 2 unspecified atom stereocenters. The predicted molar refractivity (Wildman–Crippen MR) is 63.3 cm³/mol. The van der Waals surface area contributed by atoms with Crippen molar-refractivity contribution in [2.24, 2.45) is 11.3 Å². The molecule has 0 amide bonds. The molecular formula is C14H20O. The minimum absolute atomic E-state index is 0.479. The molecule has 0 radical (unpaired) electrons. The molecular weight excluding hydrogens is 184 g/mol. The third-order valence-corrected chi connectivity index (χ3v) is 3.92. The lowest BCUT2D eigenvalue weighted by Crippen LogP contribution is -1.93. The topological polar surface area (TPSA) is 9.23 Å². The molecule has 1 heteroatoms. The van der Waals surface area contributed by atoms with Crippen LogP contribution in [-0.4, -0.2) is 6.61 Å². The van der Waals surface area contributed by atoms with Gasteiger partial charge in [0.05, 0.1) is 6.61 Å². The minimum Gasteiger partial charge on any atom is -0.494 e. The van der Waals surface area contributed by atoms with Gasteiger partial charge in [0.25, 0.3) is 0 Å². The standard InChI is InChI=1S/C14H20O/c1-5-15-12-8-6-11(7-9-12)13-10(2)14(13,3)4/h6-10,13H,5H2,1-4H3. The summed E-state index contributed by atoms with van der Waals surface area (Å²) in [6.45, 7) is 9.78. The van der Waals surface area contributed by atoms with Crippen LogP contribution in [0, 0.1) is 11.3 Å². The van der Waals surface area contributed by atoms with E-state index in [1.807, 2.05) is 6.92 Å². The van der Waals surface area contributed by atoms with Crippen molar-refractivity contribution >= 4 is 0 Å². The fourth-order valence-electron chi connectivity index (χ4n) is 2.55. The van der Waals surface area contributed by atoms with E-state index in [4.69, 9.17) is 4.74 Å². The molecule has 0 N–H and O–H groups in total. The molecule has 0 heterocycles. The molecule has 0 spiro atoms. The van der Waals surface area contributed by atoms with Crippen LogP contribution >= 0.6 is 0 Å². The summed E-state index contributed by atoms with van der Waals surface area (Å²) >= 11 is 0. The molecule has 15 heavy (non-hydrogen) atoms. The first-order valence-corrected chi connectivity index (χ1v) is 5.80. The Labute approximate surface area is 92.5 Å². The highest BCUT2D eigenvalue weighted by atomic mass is 16.5. The predicted octanol–water partition coefficient (Wildman–Crippen LogP) is 3.84. The molecule has 82 valence electrons. The second-order valence-corrected chi connectivity index (χ2v) is 5.09. The highest BCUT2D eigenvalue weighted by Gasteiger charge is 2.54. The van der Waals surface area contributed by atoms with Crippen LogP contribution in [0.25, 0.3) is 0 Å². The molecule has 1 aromatic carbocycles. The Kier molecular flexibility index (Phi) is 2.49. The normalized spacial score (nSPS) is 27.5. The Bertz CT molecular complexity index is 337. The molecule has 0 aliphatic heterocycles. The lowest BCUT2D eigenvalue weighted by Gasteiger charge is -2.06. The van der Waals surface area contributed by atoms with Crippen LogP contribution < -0.4 is 4.74 Å². The van der Waals surface area contributed by atoms with Crippen LogP contribution in [0.1, 0.15) is 39.2 Å². The van der Waals surface area contributed by atoms with Crippen LogP contribution in [0.15, 0.2) is 24.3 Å². The van der Waals surface area contributed by atoms with Gasteiger partial charge < -0.3 is 4.74 Å². The van der Waals surface area contributed by atoms with E-state index >= 15 is 0 Å². The van der Waals surface area contributed by atoms with Gasteiger partial charge in [-0.05, 0) is 41.9 Å². The van der Waals surface area contributed by atoms with Crippen LogP contribution in [0.3, 0.4) is 0 Å². The van der Waals surface area contributed by atoms with Gasteiger partial charge >= 0.3 is 0 Å². The molecule has 1 saturated carbocycles. The highest BCUT2D eigenvalue weighted by Crippen LogP contribution is 2.64. The van der Waals surface area contributed by atoms with Gasteiger partial charge in [-0.3, -0.25) is 0 Å². The number of hydrogen-bond acceptors (Lipinski definition) is 1. The van der Waals surface area contributed by atoms with E-state index in [9.17, 15) is 0 Å². The fraction of sp³-hybridized carbons (Fsp3) is 0.571. The van der Waals surface area contributed by atoms with Crippen LogP contribution in [-0.2, 0) is 0 Å². The van der Waals surface area contributed by atoms with Crippen molar-refractivity contribution in [3.8, 4) is 5.75 Å². The summed E-state index contributed by atoms with van der Waals surface area (Å²) in [5.41, 5.74) is 1.93. The van der Waals surface area contributed by atoms with E-state index in [0.29, 0.717) is 5.41 Å².